The van der Waals surface area contributed by atoms with Crippen LogP contribution < -0.4 is 5.32 Å². The average molecular weight is 290 g/mol. The smallest absolute Gasteiger partial charge is 0.316 e. The lowest BCUT2D eigenvalue weighted by Crippen LogP contribution is -2.19. The van der Waals surface area contributed by atoms with Gasteiger partial charge in [0.2, 0.25) is 0 Å². The molecule has 0 aliphatic carbocycles. The van der Waals surface area contributed by atoms with E-state index in [0.717, 1.165) is 0 Å². The molecule has 1 rings (SSSR count). The molecule has 1 aromatic rings. The molecule has 0 fully saturated rings. The Hall–Kier alpha value is -1.63. The van der Waals surface area contributed by atoms with Crippen molar-refractivity contribution in [3.8, 4) is 0 Å². The molecule has 0 heterocycles. The number of nitro groups is 1. The minimum absolute atomic E-state index is 0.0753. The van der Waals surface area contributed by atoms with Crippen LogP contribution in [0.25, 0.3) is 0 Å². The summed E-state index contributed by atoms with van der Waals surface area (Å²) in [5, 5.41) is 13.8. The van der Waals surface area contributed by atoms with Crippen LogP contribution in [0.5, 0.6) is 0 Å². The SMILES string of the molecule is O=[N+]([O-])c1ccccc1CCNCCCCC(F)(F)F. The molecule has 0 aromatic heterocycles. The summed E-state index contributed by atoms with van der Waals surface area (Å²) in [6, 6.07) is 6.46. The minimum Gasteiger partial charge on any atom is -0.316 e. The van der Waals surface area contributed by atoms with Crippen molar-refractivity contribution in [2.24, 2.45) is 0 Å². The lowest BCUT2D eigenvalue weighted by molar-refractivity contribution is -0.385. The number of para-hydroxylation sites is 1. The molecule has 1 aromatic carbocycles. The van der Waals surface area contributed by atoms with E-state index in [0.29, 0.717) is 31.5 Å². The van der Waals surface area contributed by atoms with Crippen molar-refractivity contribution >= 4 is 5.69 Å². The molecule has 0 radical (unpaired) electrons. The van der Waals surface area contributed by atoms with Gasteiger partial charge >= 0.3 is 6.18 Å². The predicted octanol–water partition coefficient (Wildman–Crippen LogP) is 3.46. The van der Waals surface area contributed by atoms with Gasteiger partial charge in [-0.15, -0.1) is 0 Å². The Bertz CT molecular complexity index is 436. The summed E-state index contributed by atoms with van der Waals surface area (Å²) < 4.78 is 35.7. The Labute approximate surface area is 115 Å². The van der Waals surface area contributed by atoms with Gasteiger partial charge in [0.25, 0.3) is 5.69 Å². The number of halogens is 3. The number of unbranched alkanes of at least 4 members (excludes halogenated alkanes) is 1. The molecule has 0 saturated heterocycles. The summed E-state index contributed by atoms with van der Waals surface area (Å²) >= 11 is 0. The molecule has 0 bridgehead atoms. The van der Waals surface area contributed by atoms with Crippen LogP contribution in [0.4, 0.5) is 18.9 Å². The molecule has 0 amide bonds. The third-order valence-electron chi connectivity index (χ3n) is 2.82. The Morgan fingerprint density at radius 3 is 2.50 bits per heavy atom. The summed E-state index contributed by atoms with van der Waals surface area (Å²) in [4.78, 5) is 10.3. The number of rotatable bonds is 8. The molecule has 112 valence electrons. The number of nitrogens with zero attached hydrogens (tertiary/aromatic N) is 1. The van der Waals surface area contributed by atoms with Gasteiger partial charge in [-0.3, -0.25) is 10.1 Å². The fraction of sp³-hybridized carbons (Fsp3) is 0.538. The maximum atomic E-state index is 11.9. The summed E-state index contributed by atoms with van der Waals surface area (Å²) in [5.74, 6) is 0. The Morgan fingerprint density at radius 2 is 1.85 bits per heavy atom. The van der Waals surface area contributed by atoms with E-state index >= 15 is 0 Å². The Balaban J connectivity index is 2.20. The van der Waals surface area contributed by atoms with Crippen LogP contribution in [0.15, 0.2) is 24.3 Å². The molecule has 0 aliphatic heterocycles. The third kappa shape index (κ3) is 6.51. The lowest BCUT2D eigenvalue weighted by atomic mass is 10.1. The van der Waals surface area contributed by atoms with Crippen LogP contribution in [0.2, 0.25) is 0 Å². The summed E-state index contributed by atoms with van der Waals surface area (Å²) in [7, 11) is 0. The van der Waals surface area contributed by atoms with Crippen molar-refractivity contribution in [1.82, 2.24) is 5.32 Å². The summed E-state index contributed by atoms with van der Waals surface area (Å²) in [6.45, 7) is 0.994. The van der Waals surface area contributed by atoms with Crippen LogP contribution in [-0.2, 0) is 6.42 Å². The van der Waals surface area contributed by atoms with Crippen molar-refractivity contribution in [3.63, 3.8) is 0 Å². The highest BCUT2D eigenvalue weighted by molar-refractivity contribution is 5.39. The summed E-state index contributed by atoms with van der Waals surface area (Å²) in [6.07, 6.45) is -3.84. The quantitative estimate of drug-likeness (QED) is 0.453. The predicted molar refractivity (Wildman–Crippen MR) is 69.6 cm³/mol. The first-order chi connectivity index (χ1) is 9.40. The van der Waals surface area contributed by atoms with E-state index < -0.39 is 17.5 Å². The van der Waals surface area contributed by atoms with E-state index in [1.807, 2.05) is 0 Å². The van der Waals surface area contributed by atoms with E-state index in [1.54, 1.807) is 18.2 Å². The van der Waals surface area contributed by atoms with Gasteiger partial charge in [0.1, 0.15) is 0 Å². The van der Waals surface area contributed by atoms with Crippen LogP contribution >= 0.6 is 0 Å². The first-order valence-corrected chi connectivity index (χ1v) is 6.40. The molecular weight excluding hydrogens is 273 g/mol. The van der Waals surface area contributed by atoms with Crippen LogP contribution in [0.3, 0.4) is 0 Å². The second-order valence-corrected chi connectivity index (χ2v) is 4.46. The van der Waals surface area contributed by atoms with Crippen LogP contribution in [-0.4, -0.2) is 24.2 Å². The number of nitro benzene ring substituents is 1. The molecule has 0 unspecified atom stereocenters. The highest BCUT2D eigenvalue weighted by atomic mass is 19.4. The van der Waals surface area contributed by atoms with Gasteiger partial charge in [0.15, 0.2) is 0 Å². The van der Waals surface area contributed by atoms with Gasteiger partial charge in [0.05, 0.1) is 4.92 Å². The lowest BCUT2D eigenvalue weighted by Gasteiger charge is -2.07. The molecule has 0 aliphatic rings. The molecular formula is C13H17F3N2O2. The van der Waals surface area contributed by atoms with Crippen molar-refractivity contribution in [3.05, 3.63) is 39.9 Å². The minimum atomic E-state index is -4.09. The van der Waals surface area contributed by atoms with E-state index in [9.17, 15) is 23.3 Å². The van der Waals surface area contributed by atoms with Gasteiger partial charge in [0, 0.05) is 18.1 Å². The first-order valence-electron chi connectivity index (χ1n) is 6.40. The maximum Gasteiger partial charge on any atom is 0.389 e. The van der Waals surface area contributed by atoms with Crippen molar-refractivity contribution in [2.75, 3.05) is 13.1 Å². The van der Waals surface area contributed by atoms with E-state index in [2.05, 4.69) is 5.32 Å². The Kier molecular flexibility index (Phi) is 6.44. The van der Waals surface area contributed by atoms with Gasteiger partial charge in [-0.05, 0) is 32.4 Å². The van der Waals surface area contributed by atoms with E-state index in [1.165, 1.54) is 6.07 Å². The van der Waals surface area contributed by atoms with Gasteiger partial charge in [-0.25, -0.2) is 0 Å². The van der Waals surface area contributed by atoms with Crippen molar-refractivity contribution < 1.29 is 18.1 Å². The van der Waals surface area contributed by atoms with Crippen LogP contribution in [0, 0.1) is 10.1 Å². The van der Waals surface area contributed by atoms with E-state index in [-0.39, 0.29) is 12.1 Å². The zero-order chi connectivity index (χ0) is 15.0. The van der Waals surface area contributed by atoms with Gasteiger partial charge < -0.3 is 5.32 Å². The Morgan fingerprint density at radius 1 is 1.15 bits per heavy atom. The topological polar surface area (TPSA) is 55.2 Å². The zero-order valence-corrected chi connectivity index (χ0v) is 10.9. The highest BCUT2D eigenvalue weighted by Gasteiger charge is 2.25. The van der Waals surface area contributed by atoms with E-state index in [4.69, 9.17) is 0 Å². The second kappa shape index (κ2) is 7.84. The number of hydrogen-bond acceptors (Lipinski definition) is 3. The first kappa shape index (κ1) is 16.4. The standard InChI is InChI=1S/C13H17F3N2O2/c14-13(15,16)8-3-4-9-17-10-7-11-5-1-2-6-12(11)18(19)20/h1-2,5-6,17H,3-4,7-10H2. The largest absolute Gasteiger partial charge is 0.389 e. The normalized spacial score (nSPS) is 11.6. The number of hydrogen-bond donors (Lipinski definition) is 1. The number of alkyl halides is 3. The fourth-order valence-electron chi connectivity index (χ4n) is 1.82. The average Bonchev–Trinajstić information content (AvgIpc) is 2.36. The molecule has 4 nitrogen and oxygen atoms in total. The number of nitrogens with one attached hydrogen (secondary N) is 1. The zero-order valence-electron chi connectivity index (χ0n) is 10.9. The monoisotopic (exact) mass is 290 g/mol. The molecule has 1 N–H and O–H groups in total. The fourth-order valence-corrected chi connectivity index (χ4v) is 1.82. The molecule has 20 heavy (non-hydrogen) atoms. The molecule has 0 spiro atoms. The molecule has 0 saturated carbocycles. The van der Waals surface area contributed by atoms with Crippen LogP contribution in [0.1, 0.15) is 24.8 Å². The molecule has 7 heteroatoms. The number of benzene rings is 1. The van der Waals surface area contributed by atoms with Crippen molar-refractivity contribution in [1.29, 1.82) is 0 Å². The van der Waals surface area contributed by atoms with Crippen molar-refractivity contribution in [2.45, 2.75) is 31.9 Å². The highest BCUT2D eigenvalue weighted by Crippen LogP contribution is 2.22. The maximum absolute atomic E-state index is 11.9. The molecule has 0 atom stereocenters. The van der Waals surface area contributed by atoms with Gasteiger partial charge in [-0.2, -0.15) is 13.2 Å². The van der Waals surface area contributed by atoms with Gasteiger partial charge in [-0.1, -0.05) is 18.2 Å². The summed E-state index contributed by atoms with van der Waals surface area (Å²) in [5.41, 5.74) is 0.701. The third-order valence-corrected chi connectivity index (χ3v) is 2.82. The second-order valence-electron chi connectivity index (χ2n) is 4.46.